The summed E-state index contributed by atoms with van der Waals surface area (Å²) in [5.74, 6) is 0.999. The molecule has 0 saturated carbocycles. The summed E-state index contributed by atoms with van der Waals surface area (Å²) in [5, 5.41) is 9.00. The van der Waals surface area contributed by atoms with Crippen molar-refractivity contribution in [2.75, 3.05) is 23.0 Å². The highest BCUT2D eigenvalue weighted by Gasteiger charge is 2.11. The first-order valence-corrected chi connectivity index (χ1v) is 8.17. The van der Waals surface area contributed by atoms with E-state index in [4.69, 9.17) is 0 Å². The Kier molecular flexibility index (Phi) is 5.07. The van der Waals surface area contributed by atoms with Gasteiger partial charge in [-0.1, -0.05) is 6.07 Å². The summed E-state index contributed by atoms with van der Waals surface area (Å²) in [6.45, 7) is 3.79. The zero-order chi connectivity index (χ0) is 18.5. The van der Waals surface area contributed by atoms with Crippen molar-refractivity contribution in [1.29, 1.82) is 0 Å². The van der Waals surface area contributed by atoms with Gasteiger partial charge in [-0.3, -0.25) is 9.78 Å². The minimum absolute atomic E-state index is 0.194. The molecule has 0 atom stereocenters. The highest BCUT2D eigenvalue weighted by atomic mass is 16.1. The van der Waals surface area contributed by atoms with Crippen molar-refractivity contribution < 1.29 is 4.79 Å². The Morgan fingerprint density at radius 2 is 1.88 bits per heavy atom. The highest BCUT2D eigenvalue weighted by molar-refractivity contribution is 6.05. The molecule has 2 heterocycles. The number of rotatable bonds is 5. The minimum atomic E-state index is -0.194. The Balaban J connectivity index is 1.83. The summed E-state index contributed by atoms with van der Waals surface area (Å²) >= 11 is 0. The minimum Gasteiger partial charge on any atom is -0.373 e. The number of carbonyl (C=O) groups is 1. The normalized spacial score (nSPS) is 10.3. The van der Waals surface area contributed by atoms with Gasteiger partial charge < -0.3 is 16.0 Å². The van der Waals surface area contributed by atoms with Crippen LogP contribution in [0.1, 0.15) is 21.6 Å². The molecule has 1 amide bonds. The van der Waals surface area contributed by atoms with E-state index in [-0.39, 0.29) is 5.91 Å². The van der Waals surface area contributed by atoms with Gasteiger partial charge >= 0.3 is 0 Å². The molecule has 2 aromatic heterocycles. The van der Waals surface area contributed by atoms with Crippen LogP contribution in [0.3, 0.4) is 0 Å². The largest absolute Gasteiger partial charge is 0.373 e. The molecule has 132 valence electrons. The van der Waals surface area contributed by atoms with E-state index >= 15 is 0 Å². The van der Waals surface area contributed by atoms with Crippen molar-refractivity contribution in [2.45, 2.75) is 13.8 Å². The lowest BCUT2D eigenvalue weighted by molar-refractivity contribution is 0.102. The third-order valence-electron chi connectivity index (χ3n) is 3.77. The molecule has 7 nitrogen and oxygen atoms in total. The number of nitrogens with zero attached hydrogens (tertiary/aromatic N) is 3. The van der Waals surface area contributed by atoms with Crippen LogP contribution in [0.2, 0.25) is 0 Å². The molecule has 7 heteroatoms. The summed E-state index contributed by atoms with van der Waals surface area (Å²) in [5.41, 5.74) is 3.67. The quantitative estimate of drug-likeness (QED) is 0.653. The Morgan fingerprint density at radius 3 is 2.62 bits per heavy atom. The zero-order valence-electron chi connectivity index (χ0n) is 14.9. The number of pyridine rings is 1. The molecular formula is C19H20N6O. The van der Waals surface area contributed by atoms with Crippen LogP contribution in [0.15, 0.2) is 48.8 Å². The van der Waals surface area contributed by atoms with Gasteiger partial charge in [-0.15, -0.1) is 0 Å². The summed E-state index contributed by atoms with van der Waals surface area (Å²) < 4.78 is 0. The van der Waals surface area contributed by atoms with E-state index in [1.54, 1.807) is 37.6 Å². The number of nitrogens with one attached hydrogen (secondary N) is 3. The van der Waals surface area contributed by atoms with E-state index < -0.39 is 0 Å². The molecule has 3 N–H and O–H groups in total. The molecule has 0 unspecified atom stereocenters. The maximum Gasteiger partial charge on any atom is 0.256 e. The van der Waals surface area contributed by atoms with Crippen LogP contribution < -0.4 is 16.0 Å². The van der Waals surface area contributed by atoms with E-state index in [0.717, 1.165) is 22.8 Å². The fourth-order valence-corrected chi connectivity index (χ4v) is 2.46. The lowest BCUT2D eigenvalue weighted by atomic mass is 10.1. The number of benzene rings is 1. The second kappa shape index (κ2) is 7.60. The number of carbonyl (C=O) groups excluding carboxylic acids is 1. The third-order valence-corrected chi connectivity index (χ3v) is 3.77. The molecule has 0 bridgehead atoms. The summed E-state index contributed by atoms with van der Waals surface area (Å²) in [6.07, 6.45) is 3.27. The van der Waals surface area contributed by atoms with Gasteiger partial charge in [-0.2, -0.15) is 4.98 Å². The van der Waals surface area contributed by atoms with Gasteiger partial charge in [-0.25, -0.2) is 4.98 Å². The zero-order valence-corrected chi connectivity index (χ0v) is 14.9. The Labute approximate surface area is 151 Å². The molecule has 0 aliphatic carbocycles. The molecule has 0 fully saturated rings. The first kappa shape index (κ1) is 17.3. The highest BCUT2D eigenvalue weighted by Crippen LogP contribution is 2.20. The van der Waals surface area contributed by atoms with Gasteiger partial charge in [0, 0.05) is 36.3 Å². The van der Waals surface area contributed by atoms with E-state index in [9.17, 15) is 4.79 Å². The monoisotopic (exact) mass is 348 g/mol. The van der Waals surface area contributed by atoms with Gasteiger partial charge in [0.2, 0.25) is 5.95 Å². The SMILES string of the molecule is CNc1cc(C)nc(Nc2ccc(C)c(C(=O)Nc3cccnc3)c2)n1. The number of aryl methyl sites for hydroxylation is 2. The first-order chi connectivity index (χ1) is 12.5. The van der Waals surface area contributed by atoms with Crippen LogP contribution in [0, 0.1) is 13.8 Å². The maximum absolute atomic E-state index is 12.6. The smallest absolute Gasteiger partial charge is 0.256 e. The fourth-order valence-electron chi connectivity index (χ4n) is 2.46. The molecule has 3 rings (SSSR count). The second-order valence-corrected chi connectivity index (χ2v) is 5.82. The van der Waals surface area contributed by atoms with E-state index in [1.165, 1.54) is 0 Å². The van der Waals surface area contributed by atoms with Crippen molar-refractivity contribution in [3.63, 3.8) is 0 Å². The molecule has 0 saturated heterocycles. The van der Waals surface area contributed by atoms with Crippen molar-refractivity contribution in [3.05, 3.63) is 65.6 Å². The summed E-state index contributed by atoms with van der Waals surface area (Å²) in [4.78, 5) is 25.3. The van der Waals surface area contributed by atoms with Crippen molar-refractivity contribution in [3.8, 4) is 0 Å². The topological polar surface area (TPSA) is 91.8 Å². The predicted octanol–water partition coefficient (Wildman–Crippen LogP) is 3.53. The van der Waals surface area contributed by atoms with Crippen LogP contribution in [0.4, 0.5) is 23.1 Å². The molecule has 0 aliphatic heterocycles. The van der Waals surface area contributed by atoms with Crippen LogP contribution in [-0.2, 0) is 0 Å². The first-order valence-electron chi connectivity index (χ1n) is 8.17. The lowest BCUT2D eigenvalue weighted by Crippen LogP contribution is -2.14. The Morgan fingerprint density at radius 1 is 1.04 bits per heavy atom. The van der Waals surface area contributed by atoms with Gasteiger partial charge in [-0.05, 0) is 43.7 Å². The average Bonchev–Trinajstić information content (AvgIpc) is 2.63. The molecule has 0 radical (unpaired) electrons. The van der Waals surface area contributed by atoms with Crippen LogP contribution >= 0.6 is 0 Å². The van der Waals surface area contributed by atoms with Crippen LogP contribution in [-0.4, -0.2) is 27.9 Å². The van der Waals surface area contributed by atoms with Gasteiger partial charge in [0.1, 0.15) is 5.82 Å². The predicted molar refractivity (Wildman–Crippen MR) is 103 cm³/mol. The standard InChI is InChI=1S/C19H20N6O/c1-12-6-7-14(24-19-22-13(2)9-17(20-3)25-19)10-16(12)18(26)23-15-5-4-8-21-11-15/h4-11H,1-3H3,(H,23,26)(H2,20,22,24,25). The third kappa shape index (κ3) is 4.13. The number of anilines is 4. The number of amides is 1. The van der Waals surface area contributed by atoms with E-state index in [0.29, 0.717) is 17.2 Å². The fraction of sp³-hybridized carbons (Fsp3) is 0.158. The second-order valence-electron chi connectivity index (χ2n) is 5.82. The summed E-state index contributed by atoms with van der Waals surface area (Å²) in [6, 6.07) is 11.0. The average molecular weight is 348 g/mol. The van der Waals surface area contributed by atoms with E-state index in [2.05, 4.69) is 30.9 Å². The molecule has 26 heavy (non-hydrogen) atoms. The molecule has 0 spiro atoms. The molecule has 3 aromatic rings. The summed E-state index contributed by atoms with van der Waals surface area (Å²) in [7, 11) is 1.80. The Bertz CT molecular complexity index is 927. The van der Waals surface area contributed by atoms with Crippen LogP contribution in [0.5, 0.6) is 0 Å². The number of aromatic nitrogens is 3. The number of hydrogen-bond acceptors (Lipinski definition) is 6. The van der Waals surface area contributed by atoms with Crippen LogP contribution in [0.25, 0.3) is 0 Å². The molecule has 1 aromatic carbocycles. The maximum atomic E-state index is 12.6. The lowest BCUT2D eigenvalue weighted by Gasteiger charge is -2.11. The van der Waals surface area contributed by atoms with E-state index in [1.807, 2.05) is 32.0 Å². The van der Waals surface area contributed by atoms with Gasteiger partial charge in [0.25, 0.3) is 5.91 Å². The number of hydrogen-bond donors (Lipinski definition) is 3. The Hall–Kier alpha value is -3.48. The van der Waals surface area contributed by atoms with Crippen molar-refractivity contribution >= 4 is 29.0 Å². The van der Waals surface area contributed by atoms with Gasteiger partial charge in [0.15, 0.2) is 0 Å². The molecule has 0 aliphatic rings. The van der Waals surface area contributed by atoms with Crippen molar-refractivity contribution in [2.24, 2.45) is 0 Å². The van der Waals surface area contributed by atoms with Gasteiger partial charge in [0.05, 0.1) is 11.9 Å². The van der Waals surface area contributed by atoms with Crippen molar-refractivity contribution in [1.82, 2.24) is 15.0 Å². The molecular weight excluding hydrogens is 328 g/mol.